The van der Waals surface area contributed by atoms with Crippen molar-refractivity contribution in [1.82, 2.24) is 5.32 Å². The Labute approximate surface area is 122 Å². The molecule has 2 aromatic rings. The smallest absolute Gasteiger partial charge is 0.251 e. The summed E-state index contributed by atoms with van der Waals surface area (Å²) in [6, 6.07) is 9.40. The highest BCUT2D eigenvalue weighted by atomic mass is 19.1. The van der Waals surface area contributed by atoms with E-state index in [0.29, 0.717) is 22.3 Å². The number of hydrogen-bond donors (Lipinski definition) is 3. The summed E-state index contributed by atoms with van der Waals surface area (Å²) in [5.74, 6) is -0.697. The Hall–Kier alpha value is -2.40. The van der Waals surface area contributed by atoms with Gasteiger partial charge in [-0.25, -0.2) is 4.39 Å². The van der Waals surface area contributed by atoms with Gasteiger partial charge in [-0.1, -0.05) is 18.2 Å². The van der Waals surface area contributed by atoms with Crippen LogP contribution in [0.2, 0.25) is 0 Å². The van der Waals surface area contributed by atoms with Gasteiger partial charge in [0.15, 0.2) is 0 Å². The maximum atomic E-state index is 13.8. The topological polar surface area (TPSA) is 75.3 Å². The maximum Gasteiger partial charge on any atom is 0.251 e. The van der Waals surface area contributed by atoms with Crippen molar-refractivity contribution in [1.29, 1.82) is 0 Å². The molecule has 0 atom stereocenters. The van der Waals surface area contributed by atoms with Crippen LogP contribution in [0.15, 0.2) is 36.4 Å². The lowest BCUT2D eigenvalue weighted by atomic mass is 10.1. The fourth-order valence-corrected chi connectivity index (χ4v) is 2.00. The molecule has 0 saturated heterocycles. The number of carbonyl (C=O) groups excluding carboxylic acids is 1. The average Bonchev–Trinajstić information content (AvgIpc) is 2.48. The first-order valence-electron chi connectivity index (χ1n) is 6.57. The van der Waals surface area contributed by atoms with Gasteiger partial charge in [-0.15, -0.1) is 0 Å². The number of halogens is 1. The largest absolute Gasteiger partial charge is 0.508 e. The normalized spacial score (nSPS) is 10.4. The SMILES string of the molecule is Cc1c(O)cccc1C(=O)NCc1ccc(CN)cc1F. The molecular weight excluding hydrogens is 271 g/mol. The van der Waals surface area contributed by atoms with Gasteiger partial charge in [-0.3, -0.25) is 4.79 Å². The molecule has 0 radical (unpaired) electrons. The van der Waals surface area contributed by atoms with Gasteiger partial charge < -0.3 is 16.2 Å². The predicted octanol–water partition coefficient (Wildman–Crippen LogP) is 2.23. The van der Waals surface area contributed by atoms with Gasteiger partial charge >= 0.3 is 0 Å². The molecule has 2 rings (SSSR count). The van der Waals surface area contributed by atoms with Crippen molar-refractivity contribution in [2.75, 3.05) is 0 Å². The molecule has 0 aliphatic rings. The van der Waals surface area contributed by atoms with Crippen molar-refractivity contribution < 1.29 is 14.3 Å². The minimum Gasteiger partial charge on any atom is -0.508 e. The van der Waals surface area contributed by atoms with Crippen molar-refractivity contribution in [3.05, 3.63) is 64.5 Å². The molecule has 0 fully saturated rings. The lowest BCUT2D eigenvalue weighted by Crippen LogP contribution is -2.24. The van der Waals surface area contributed by atoms with Gasteiger partial charge in [0.05, 0.1) is 0 Å². The summed E-state index contributed by atoms with van der Waals surface area (Å²) in [4.78, 5) is 12.1. The van der Waals surface area contributed by atoms with E-state index in [0.717, 1.165) is 0 Å². The quantitative estimate of drug-likeness (QED) is 0.807. The average molecular weight is 288 g/mol. The monoisotopic (exact) mass is 288 g/mol. The Morgan fingerprint density at radius 3 is 2.76 bits per heavy atom. The standard InChI is InChI=1S/C16H17FN2O2/c1-10-13(3-2-4-15(10)20)16(21)19-9-12-6-5-11(8-18)7-14(12)17/h2-7,20H,8-9,18H2,1H3,(H,19,21). The van der Waals surface area contributed by atoms with E-state index in [1.807, 2.05) is 0 Å². The van der Waals surface area contributed by atoms with E-state index in [-0.39, 0.29) is 24.7 Å². The van der Waals surface area contributed by atoms with Crippen molar-refractivity contribution in [3.63, 3.8) is 0 Å². The molecule has 4 nitrogen and oxygen atoms in total. The van der Waals surface area contributed by atoms with Crippen LogP contribution in [0.5, 0.6) is 5.75 Å². The highest BCUT2D eigenvalue weighted by Gasteiger charge is 2.12. The second kappa shape index (κ2) is 6.37. The molecule has 0 aliphatic heterocycles. The maximum absolute atomic E-state index is 13.8. The molecule has 5 heteroatoms. The minimum absolute atomic E-state index is 0.0566. The fourth-order valence-electron chi connectivity index (χ4n) is 2.00. The Balaban J connectivity index is 2.09. The molecule has 2 aromatic carbocycles. The van der Waals surface area contributed by atoms with Gasteiger partial charge in [0, 0.05) is 29.8 Å². The van der Waals surface area contributed by atoms with Crippen molar-refractivity contribution >= 4 is 5.91 Å². The molecule has 0 bridgehead atoms. The van der Waals surface area contributed by atoms with Gasteiger partial charge in [0.25, 0.3) is 5.91 Å². The molecular formula is C16H17FN2O2. The molecule has 110 valence electrons. The lowest BCUT2D eigenvalue weighted by molar-refractivity contribution is 0.0949. The van der Waals surface area contributed by atoms with Crippen LogP contribution in [0.1, 0.15) is 27.0 Å². The third-order valence-corrected chi connectivity index (χ3v) is 3.34. The predicted molar refractivity (Wildman–Crippen MR) is 78.3 cm³/mol. The summed E-state index contributed by atoms with van der Waals surface area (Å²) in [7, 11) is 0. The Bertz CT molecular complexity index is 671. The van der Waals surface area contributed by atoms with Gasteiger partial charge in [0.1, 0.15) is 11.6 Å². The summed E-state index contributed by atoms with van der Waals surface area (Å²) in [5, 5.41) is 12.2. The number of phenolic OH excluding ortho intramolecular Hbond substituents is 1. The third kappa shape index (κ3) is 3.38. The van der Waals surface area contributed by atoms with E-state index in [1.54, 1.807) is 31.2 Å². The van der Waals surface area contributed by atoms with Crippen molar-refractivity contribution in [2.45, 2.75) is 20.0 Å². The Kier molecular flexibility index (Phi) is 4.55. The zero-order valence-electron chi connectivity index (χ0n) is 11.7. The minimum atomic E-state index is -0.397. The number of rotatable bonds is 4. The van der Waals surface area contributed by atoms with Crippen LogP contribution in [-0.2, 0) is 13.1 Å². The van der Waals surface area contributed by atoms with Crippen LogP contribution in [-0.4, -0.2) is 11.0 Å². The number of benzene rings is 2. The summed E-state index contributed by atoms with van der Waals surface area (Å²) >= 11 is 0. The van der Waals surface area contributed by atoms with Gasteiger partial charge in [0.2, 0.25) is 0 Å². The van der Waals surface area contributed by atoms with E-state index in [4.69, 9.17) is 5.73 Å². The number of phenols is 1. The highest BCUT2D eigenvalue weighted by Crippen LogP contribution is 2.19. The summed E-state index contributed by atoms with van der Waals surface area (Å²) in [6.45, 7) is 2.00. The number of carbonyl (C=O) groups is 1. The first kappa shape index (κ1) is 15.0. The van der Waals surface area contributed by atoms with Crippen LogP contribution in [0.25, 0.3) is 0 Å². The number of nitrogens with two attached hydrogens (primary N) is 1. The van der Waals surface area contributed by atoms with Crippen molar-refractivity contribution in [3.8, 4) is 5.75 Å². The van der Waals surface area contributed by atoms with E-state index in [9.17, 15) is 14.3 Å². The van der Waals surface area contributed by atoms with Crippen LogP contribution in [0, 0.1) is 12.7 Å². The molecule has 0 heterocycles. The first-order chi connectivity index (χ1) is 10.0. The molecule has 0 aliphatic carbocycles. The molecule has 21 heavy (non-hydrogen) atoms. The van der Waals surface area contributed by atoms with E-state index < -0.39 is 5.82 Å². The molecule has 0 aromatic heterocycles. The highest BCUT2D eigenvalue weighted by molar-refractivity contribution is 5.96. The second-order valence-electron chi connectivity index (χ2n) is 4.76. The fraction of sp³-hybridized carbons (Fsp3) is 0.188. The van der Waals surface area contributed by atoms with Crippen LogP contribution in [0.4, 0.5) is 4.39 Å². The number of hydrogen-bond acceptors (Lipinski definition) is 3. The van der Waals surface area contributed by atoms with Crippen LogP contribution < -0.4 is 11.1 Å². The van der Waals surface area contributed by atoms with Crippen molar-refractivity contribution in [2.24, 2.45) is 5.73 Å². The molecule has 0 unspecified atom stereocenters. The number of amides is 1. The summed E-state index contributed by atoms with van der Waals surface area (Å²) in [5.41, 5.74) is 7.39. The lowest BCUT2D eigenvalue weighted by Gasteiger charge is -2.10. The molecule has 4 N–H and O–H groups in total. The molecule has 0 saturated carbocycles. The Morgan fingerprint density at radius 2 is 2.10 bits per heavy atom. The zero-order chi connectivity index (χ0) is 15.4. The van der Waals surface area contributed by atoms with Gasteiger partial charge in [-0.2, -0.15) is 0 Å². The molecule has 0 spiro atoms. The van der Waals surface area contributed by atoms with Crippen LogP contribution in [0.3, 0.4) is 0 Å². The Morgan fingerprint density at radius 1 is 1.33 bits per heavy atom. The third-order valence-electron chi connectivity index (χ3n) is 3.34. The van der Waals surface area contributed by atoms with E-state index in [1.165, 1.54) is 12.1 Å². The van der Waals surface area contributed by atoms with E-state index >= 15 is 0 Å². The van der Waals surface area contributed by atoms with Gasteiger partial charge in [-0.05, 0) is 30.7 Å². The number of nitrogens with one attached hydrogen (secondary N) is 1. The van der Waals surface area contributed by atoms with E-state index in [2.05, 4.69) is 5.32 Å². The first-order valence-corrected chi connectivity index (χ1v) is 6.57. The van der Waals surface area contributed by atoms with Crippen LogP contribution >= 0.6 is 0 Å². The number of aromatic hydroxyl groups is 1. The second-order valence-corrected chi connectivity index (χ2v) is 4.76. The molecule has 1 amide bonds. The summed E-state index contributed by atoms with van der Waals surface area (Å²) < 4.78 is 13.8. The summed E-state index contributed by atoms with van der Waals surface area (Å²) in [6.07, 6.45) is 0. The zero-order valence-corrected chi connectivity index (χ0v) is 11.7.